The molecule has 42 heteroatoms. The molecule has 6 amide bonds. The van der Waals surface area contributed by atoms with Gasteiger partial charge in [0.2, 0.25) is 53.8 Å². The topological polar surface area (TPSA) is 638 Å². The zero-order chi connectivity index (χ0) is 89.6. The van der Waals surface area contributed by atoms with E-state index in [2.05, 4.69) is 31.9 Å². The van der Waals surface area contributed by atoms with Crippen molar-refractivity contribution in [2.75, 3.05) is 19.8 Å². The van der Waals surface area contributed by atoms with Gasteiger partial charge in [0, 0.05) is 56.0 Å². The van der Waals surface area contributed by atoms with Crippen molar-refractivity contribution >= 4 is 76.2 Å². The maximum absolute atomic E-state index is 17.0. The Balaban J connectivity index is 1.03. The van der Waals surface area contributed by atoms with Gasteiger partial charge in [-0.05, 0) is 124 Å². The van der Waals surface area contributed by atoms with Gasteiger partial charge >= 0.3 is 5.97 Å². The number of benzene rings is 7. The number of ether oxygens (including phenoxy) is 9. The van der Waals surface area contributed by atoms with Crippen molar-refractivity contribution in [1.29, 1.82) is 0 Å². The van der Waals surface area contributed by atoms with E-state index < -0.39 is 308 Å². The number of hydrogen-bond donors (Lipinski definition) is 22. The summed E-state index contributed by atoms with van der Waals surface area (Å²) < 4.78 is 57.2. The highest BCUT2D eigenvalue weighted by Crippen LogP contribution is 2.51. The minimum atomic E-state index is -2.34. The molecule has 0 spiro atoms. The molecule has 17 bridgehead atoms. The molecule has 7 aromatic carbocycles. The summed E-state index contributed by atoms with van der Waals surface area (Å²) in [6.07, 6.45) is -32.0. The molecule has 0 saturated carbocycles. The van der Waals surface area contributed by atoms with Gasteiger partial charge in [0.15, 0.2) is 40.9 Å². The molecule has 23 N–H and O–H groups in total. The SMILES string of the molecule is CC(=O)NC1[C@H](O[C@@H]2c3ccc(c(Cl)c3)Oc3cc4cc(c3O[C@@H]3OC(CO)[C@@H](O)[C@H](O)C3NC(=O)CCC(=O)O)Oc3ccc(cc3Cl)C[C@H]3NC(=O)[C@H](N)c5ccc(O)c(c5)Oc5cc(O)cc(c5)[C@H](CC3=O)C(=O)N[C@H]4C(=O)C[C@H]3C(=O)N[C@@H]2C(=O)NCc2cc(O)cc(O[C@H]4OC(CO)[C@@H](O)C(O)[C@H]4O)c2-c2cc3ccc2O)OC(CO)[C@@H](O)[C@@H]1O. The number of carbonyl (C=O) groups excluding carboxylic acids is 8. The maximum atomic E-state index is 17.0. The third kappa shape index (κ3) is 19.0. The van der Waals surface area contributed by atoms with Gasteiger partial charge in [-0.2, -0.15) is 0 Å². The molecule has 0 aliphatic carbocycles. The van der Waals surface area contributed by atoms with Crippen LogP contribution in [-0.4, -0.2) is 253 Å². The van der Waals surface area contributed by atoms with Crippen LogP contribution < -0.4 is 61.3 Å². The van der Waals surface area contributed by atoms with Crippen molar-refractivity contribution in [3.63, 3.8) is 0 Å². The number of phenolic OH excluding ortho intramolecular Hbond substituents is 4. The first kappa shape index (κ1) is 89.6. The predicted molar refractivity (Wildman–Crippen MR) is 424 cm³/mol. The highest BCUT2D eigenvalue weighted by Gasteiger charge is 2.52. The summed E-state index contributed by atoms with van der Waals surface area (Å²) in [5.74, 6) is -21.0. The van der Waals surface area contributed by atoms with Crippen LogP contribution in [0.2, 0.25) is 10.0 Å². The van der Waals surface area contributed by atoms with Gasteiger partial charge in [0.05, 0.1) is 54.2 Å². The largest absolute Gasteiger partial charge is 0.508 e. The number of aliphatic hydroxyl groups excluding tert-OH is 10. The number of aliphatic carboxylic acids is 1. The van der Waals surface area contributed by atoms with Crippen molar-refractivity contribution in [3.8, 4) is 80.1 Å². The number of aromatic hydroxyl groups is 4. The number of Topliss-reactive ketones (excluding diaryl/α,β-unsaturated/α-hetero) is 2. The van der Waals surface area contributed by atoms with Crippen LogP contribution in [0.1, 0.15) is 102 Å². The van der Waals surface area contributed by atoms with Crippen LogP contribution in [-0.2, 0) is 75.1 Å². The number of halogens is 2. The molecule has 6 unspecified atom stereocenters. The normalized spacial score (nSPS) is 29.3. The van der Waals surface area contributed by atoms with Crippen molar-refractivity contribution in [3.05, 3.63) is 164 Å². The number of nitrogens with two attached hydrogens (primary N) is 1. The number of aliphatic hydroxyl groups is 10. The Hall–Kier alpha value is -11.6. The van der Waals surface area contributed by atoms with Gasteiger partial charge in [-0.3, -0.25) is 43.2 Å². The molecule has 3 saturated heterocycles. The average Bonchev–Trinajstić information content (AvgIpc) is 0.761. The van der Waals surface area contributed by atoms with Gasteiger partial charge < -0.3 is 157 Å². The second-order valence-electron chi connectivity index (χ2n) is 30.8. The number of hydrogen-bond acceptors (Lipinski definition) is 33. The van der Waals surface area contributed by atoms with Crippen molar-refractivity contribution in [1.82, 2.24) is 31.9 Å². The zero-order valence-corrected chi connectivity index (χ0v) is 66.9. The zero-order valence-electron chi connectivity index (χ0n) is 65.4. The Labute approximate surface area is 716 Å². The Morgan fingerprint density at radius 2 is 1.10 bits per heavy atom. The molecule has 125 heavy (non-hydrogen) atoms. The number of fused-ring (bicyclic) bond motifs is 14. The van der Waals surface area contributed by atoms with Crippen LogP contribution in [0.4, 0.5) is 0 Å². The van der Waals surface area contributed by atoms with E-state index in [1.54, 1.807) is 0 Å². The van der Waals surface area contributed by atoms with Crippen LogP contribution in [0.3, 0.4) is 0 Å². The summed E-state index contributed by atoms with van der Waals surface area (Å²) in [5.41, 5.74) is 4.67. The number of rotatable bonds is 14. The molecule has 9 aliphatic heterocycles. The van der Waals surface area contributed by atoms with Gasteiger partial charge in [-0.25, -0.2) is 0 Å². The molecule has 22 atom stereocenters. The van der Waals surface area contributed by atoms with Gasteiger partial charge in [-0.1, -0.05) is 47.5 Å². The fraction of sp³-hybridized carbons (Fsp3) is 0.386. The second-order valence-corrected chi connectivity index (χ2v) is 31.6. The molecule has 9 aliphatic rings. The van der Waals surface area contributed by atoms with Crippen LogP contribution >= 0.6 is 23.2 Å². The molecule has 0 aromatic heterocycles. The number of carbonyl (C=O) groups is 9. The molecule has 40 nitrogen and oxygen atoms in total. The summed E-state index contributed by atoms with van der Waals surface area (Å²) in [6.45, 7) is -2.81. The van der Waals surface area contributed by atoms with Gasteiger partial charge in [0.1, 0.15) is 138 Å². The van der Waals surface area contributed by atoms with Crippen LogP contribution in [0.25, 0.3) is 11.1 Å². The van der Waals surface area contributed by atoms with Crippen molar-refractivity contribution < 1.29 is 162 Å². The lowest BCUT2D eigenvalue weighted by Crippen LogP contribution is -2.65. The molecule has 7 aromatic rings. The van der Waals surface area contributed by atoms with E-state index in [1.807, 2.05) is 0 Å². The molecular formula is C83H85Cl2N7O33. The maximum Gasteiger partial charge on any atom is 0.303 e. The average molecular weight is 1780 g/mol. The van der Waals surface area contributed by atoms with E-state index in [0.29, 0.717) is 0 Å². The summed E-state index contributed by atoms with van der Waals surface area (Å²) in [7, 11) is 0. The van der Waals surface area contributed by atoms with Crippen LogP contribution in [0, 0.1) is 0 Å². The number of ketones is 2. The van der Waals surface area contributed by atoms with Gasteiger partial charge in [0.25, 0.3) is 0 Å². The van der Waals surface area contributed by atoms with Crippen LogP contribution in [0.15, 0.2) is 115 Å². The standard InChI is InChI=1S/C83H85Cl2N7O33/c1-30(96)88-65-71(109)68(106)57(27-93)121-81(65)124-75-34-5-9-52(45(85)18-34)119-56-21-36-20-55(76(56)125-82-66(90-60(103)10-11-61(104)105)72(110)69(107)58(28-94)122-82)118-51-8-2-31(12-44(51)84)13-46-49(101)24-42(35-14-38(97)22-40(16-35)117-53-19-33(4-7-48(53)100)63(86)79(115)89-46)78(114)91-64(36)50(102)25-41-32-3-6-47(99)43(17-32)62-37(26-87-80(116)67(75)92-77(41)113)15-39(98)23-54(62)120-83-74(112)73(111)70(108)59(29-95)123-83/h2-9,12,14-23,41-42,46,57-59,63-75,81-83,93-95,97-100,106-112H,10-11,13,24-29,86H2,1H3,(H,87,116)(H,88,96)(H,89,115)(H,90,103)(H,91,114)(H,92,113)(H,104,105)/t41-,42+,46-,57?,58?,59?,63-,64-,65?,66?,67+,68-,69-,70-,71-,72-,73?,74-,75-,81+,82+,83+/m1/s1. The third-order valence-electron chi connectivity index (χ3n) is 22.3. The lowest BCUT2D eigenvalue weighted by molar-refractivity contribution is -0.284. The first-order valence-corrected chi connectivity index (χ1v) is 39.8. The molecule has 3 fully saturated rings. The van der Waals surface area contributed by atoms with E-state index in [9.17, 15) is 95.8 Å². The summed E-state index contributed by atoms with van der Waals surface area (Å²) in [4.78, 5) is 135. The summed E-state index contributed by atoms with van der Waals surface area (Å²) >= 11 is 14.6. The quantitative estimate of drug-likeness (QED) is 0.0683. The molecule has 16 rings (SSSR count). The van der Waals surface area contributed by atoms with E-state index in [-0.39, 0.29) is 66.8 Å². The lowest BCUT2D eigenvalue weighted by Gasteiger charge is -2.44. The highest BCUT2D eigenvalue weighted by atomic mass is 35.5. The molecule has 0 radical (unpaired) electrons. The minimum absolute atomic E-state index is 0.0518. The number of nitrogens with one attached hydrogen (secondary N) is 6. The number of carboxylic acids is 1. The first-order chi connectivity index (χ1) is 59.5. The minimum Gasteiger partial charge on any atom is -0.508 e. The number of carboxylic acid groups (broad SMARTS) is 1. The fourth-order valence-electron chi connectivity index (χ4n) is 15.8. The smallest absolute Gasteiger partial charge is 0.303 e. The Bertz CT molecular complexity index is 5380. The Morgan fingerprint density at radius 1 is 0.512 bits per heavy atom. The third-order valence-corrected chi connectivity index (χ3v) is 22.9. The van der Waals surface area contributed by atoms with E-state index in [1.165, 1.54) is 42.5 Å². The summed E-state index contributed by atoms with van der Waals surface area (Å²) in [6, 6.07) is 10.1. The second kappa shape index (κ2) is 37.3. The molecule has 9 heterocycles. The van der Waals surface area contributed by atoms with Crippen molar-refractivity contribution in [2.45, 2.75) is 180 Å². The van der Waals surface area contributed by atoms with E-state index >= 15 is 24.0 Å². The predicted octanol–water partition coefficient (Wildman–Crippen LogP) is 0.0330. The molecular weight excluding hydrogens is 1690 g/mol. The van der Waals surface area contributed by atoms with E-state index in [4.69, 9.17) is 71.6 Å². The monoisotopic (exact) mass is 1780 g/mol. The highest BCUT2D eigenvalue weighted by molar-refractivity contribution is 6.32. The fourth-order valence-corrected chi connectivity index (χ4v) is 16.2. The molecule has 664 valence electrons. The van der Waals surface area contributed by atoms with E-state index in [0.717, 1.165) is 79.7 Å². The Kier molecular flexibility index (Phi) is 26.7. The lowest BCUT2D eigenvalue weighted by atomic mass is 9.85. The first-order valence-electron chi connectivity index (χ1n) is 39.0. The summed E-state index contributed by atoms with van der Waals surface area (Å²) in [5, 5.41) is 182. The Morgan fingerprint density at radius 3 is 1.75 bits per heavy atom. The number of phenols is 4. The van der Waals surface area contributed by atoms with Gasteiger partial charge in [-0.15, -0.1) is 0 Å². The van der Waals surface area contributed by atoms with Crippen LogP contribution in [0.5, 0.6) is 69.0 Å². The van der Waals surface area contributed by atoms with Crippen molar-refractivity contribution in [2.24, 2.45) is 5.73 Å². The number of amides is 6.